The van der Waals surface area contributed by atoms with Crippen LogP contribution in [0.25, 0.3) is 33.4 Å². The van der Waals surface area contributed by atoms with Crippen molar-refractivity contribution in [2.24, 2.45) is 0 Å². The molecule has 1 aliphatic carbocycles. The number of nitrogens with zero attached hydrogens (tertiary/aromatic N) is 4. The lowest BCUT2D eigenvalue weighted by atomic mass is 9.80. The van der Waals surface area contributed by atoms with Crippen molar-refractivity contribution < 1.29 is 0 Å². The van der Waals surface area contributed by atoms with Crippen LogP contribution in [0.2, 0.25) is 0 Å². The Morgan fingerprint density at radius 3 is 1.78 bits per heavy atom. The standard InChI is InChI=1S/C36H28N4S/c1-25(30-14-31(26-6-2-10-37-20-26)16-32(15-30)27-7-3-11-38-21-27)36(24-41)35-18-33(28-8-4-12-39-22-28)17-34(19-35)29-9-5-13-40-23-29/h2-16,18-24,33,41H,1,17H2/b36-24+. The molecule has 0 radical (unpaired) electrons. The molecule has 1 aliphatic rings. The van der Waals surface area contributed by atoms with Crippen molar-refractivity contribution in [2.45, 2.75) is 12.3 Å². The summed E-state index contributed by atoms with van der Waals surface area (Å²) in [5.41, 5.74) is 11.6. The Morgan fingerprint density at radius 1 is 0.707 bits per heavy atom. The number of benzene rings is 1. The second kappa shape index (κ2) is 12.1. The van der Waals surface area contributed by atoms with Crippen molar-refractivity contribution in [3.63, 3.8) is 0 Å². The fourth-order valence-electron chi connectivity index (χ4n) is 5.22. The molecule has 4 nitrogen and oxygen atoms in total. The highest BCUT2D eigenvalue weighted by atomic mass is 32.1. The second-order valence-corrected chi connectivity index (χ2v) is 10.2. The summed E-state index contributed by atoms with van der Waals surface area (Å²) in [7, 11) is 0. The fourth-order valence-corrected chi connectivity index (χ4v) is 5.53. The lowest BCUT2D eigenvalue weighted by Gasteiger charge is -2.24. The van der Waals surface area contributed by atoms with E-state index in [9.17, 15) is 0 Å². The molecule has 6 rings (SSSR count). The molecule has 0 amide bonds. The third-order valence-corrected chi connectivity index (χ3v) is 7.59. The molecule has 5 heteroatoms. The van der Waals surface area contributed by atoms with Crippen LogP contribution in [0.1, 0.15) is 29.0 Å². The van der Waals surface area contributed by atoms with Crippen molar-refractivity contribution >= 4 is 23.8 Å². The number of aromatic nitrogens is 4. The van der Waals surface area contributed by atoms with E-state index >= 15 is 0 Å². The maximum Gasteiger partial charge on any atom is 0.0346 e. The fraction of sp³-hybridized carbons (Fsp3) is 0.0556. The van der Waals surface area contributed by atoms with Crippen molar-refractivity contribution in [2.75, 3.05) is 0 Å². The van der Waals surface area contributed by atoms with Crippen LogP contribution < -0.4 is 0 Å². The van der Waals surface area contributed by atoms with Crippen molar-refractivity contribution in [1.82, 2.24) is 19.9 Å². The van der Waals surface area contributed by atoms with Crippen LogP contribution in [0.5, 0.6) is 0 Å². The van der Waals surface area contributed by atoms with Gasteiger partial charge < -0.3 is 0 Å². The summed E-state index contributed by atoms with van der Waals surface area (Å²) in [5, 5.41) is 1.86. The summed E-state index contributed by atoms with van der Waals surface area (Å²) >= 11 is 4.70. The zero-order valence-electron chi connectivity index (χ0n) is 22.4. The molecule has 4 heterocycles. The van der Waals surface area contributed by atoms with Crippen LogP contribution in [-0.4, -0.2) is 19.9 Å². The summed E-state index contributed by atoms with van der Waals surface area (Å²) < 4.78 is 0. The van der Waals surface area contributed by atoms with Gasteiger partial charge in [-0.3, -0.25) is 19.9 Å². The molecule has 4 aromatic heterocycles. The van der Waals surface area contributed by atoms with Gasteiger partial charge >= 0.3 is 0 Å². The van der Waals surface area contributed by atoms with E-state index in [0.29, 0.717) is 0 Å². The Balaban J connectivity index is 1.45. The monoisotopic (exact) mass is 548 g/mol. The molecule has 0 spiro atoms. The number of hydrogen-bond donors (Lipinski definition) is 1. The van der Waals surface area contributed by atoms with Crippen molar-refractivity contribution in [1.29, 1.82) is 0 Å². The number of hydrogen-bond acceptors (Lipinski definition) is 5. The van der Waals surface area contributed by atoms with Crippen LogP contribution >= 0.6 is 12.6 Å². The molecule has 0 N–H and O–H groups in total. The summed E-state index contributed by atoms with van der Waals surface area (Å²) in [6.45, 7) is 4.59. The second-order valence-electron chi connectivity index (χ2n) is 9.93. The van der Waals surface area contributed by atoms with E-state index in [1.165, 1.54) is 11.1 Å². The Kier molecular flexibility index (Phi) is 7.79. The van der Waals surface area contributed by atoms with E-state index in [0.717, 1.165) is 56.5 Å². The first kappa shape index (κ1) is 26.4. The molecule has 1 atom stereocenters. The molecule has 0 saturated heterocycles. The van der Waals surface area contributed by atoms with E-state index in [-0.39, 0.29) is 5.92 Å². The SMILES string of the molecule is C=C(/C(=C\S)C1=CC(c2cccnc2)CC(c2cccnc2)=C1)c1cc(-c2cccnc2)cc(-c2cccnc2)c1. The van der Waals surface area contributed by atoms with E-state index in [1.807, 2.05) is 60.7 Å². The molecule has 5 aromatic rings. The Hall–Kier alpha value is -4.87. The van der Waals surface area contributed by atoms with Crippen LogP contribution in [-0.2, 0) is 0 Å². The molecule has 0 aliphatic heterocycles. The maximum atomic E-state index is 4.70. The van der Waals surface area contributed by atoms with Crippen LogP contribution in [0.3, 0.4) is 0 Å². The molecule has 198 valence electrons. The lowest BCUT2D eigenvalue weighted by Crippen LogP contribution is -2.06. The summed E-state index contributed by atoms with van der Waals surface area (Å²) in [6.07, 6.45) is 20.2. The van der Waals surface area contributed by atoms with Gasteiger partial charge in [0, 0.05) is 66.6 Å². The van der Waals surface area contributed by atoms with Gasteiger partial charge in [0.25, 0.3) is 0 Å². The first-order valence-corrected chi connectivity index (χ1v) is 13.9. The summed E-state index contributed by atoms with van der Waals surface area (Å²) in [5.74, 6) is 0.155. The third-order valence-electron chi connectivity index (χ3n) is 7.33. The van der Waals surface area contributed by atoms with Crippen LogP contribution in [0.15, 0.2) is 152 Å². The lowest BCUT2D eigenvalue weighted by molar-refractivity contribution is 0.852. The smallest absolute Gasteiger partial charge is 0.0346 e. The minimum Gasteiger partial charge on any atom is -0.264 e. The highest BCUT2D eigenvalue weighted by Crippen LogP contribution is 2.41. The molecular formula is C36H28N4S. The van der Waals surface area contributed by atoms with Crippen LogP contribution in [0, 0.1) is 0 Å². The predicted molar refractivity (Wildman–Crippen MR) is 171 cm³/mol. The van der Waals surface area contributed by atoms with E-state index in [2.05, 4.69) is 81.1 Å². The van der Waals surface area contributed by atoms with Crippen molar-refractivity contribution in [3.05, 3.63) is 168 Å². The molecule has 0 saturated carbocycles. The minimum absolute atomic E-state index is 0.155. The van der Waals surface area contributed by atoms with Gasteiger partial charge in [-0.15, -0.1) is 0 Å². The van der Waals surface area contributed by atoms with Crippen molar-refractivity contribution in [3.8, 4) is 22.3 Å². The molecule has 0 fully saturated rings. The normalized spacial score (nSPS) is 15.1. The Labute approximate surface area is 246 Å². The average Bonchev–Trinajstić information content (AvgIpc) is 3.06. The molecule has 0 bridgehead atoms. The zero-order chi connectivity index (χ0) is 28.0. The van der Waals surface area contributed by atoms with Gasteiger partial charge in [0.15, 0.2) is 0 Å². The predicted octanol–water partition coefficient (Wildman–Crippen LogP) is 8.63. The third kappa shape index (κ3) is 5.86. The number of allylic oxidation sites excluding steroid dienone is 6. The minimum atomic E-state index is 0.155. The van der Waals surface area contributed by atoms with E-state index in [4.69, 9.17) is 12.6 Å². The van der Waals surface area contributed by atoms with Gasteiger partial charge in [0.2, 0.25) is 0 Å². The first-order chi connectivity index (χ1) is 20.2. The zero-order valence-corrected chi connectivity index (χ0v) is 23.3. The average molecular weight is 549 g/mol. The topological polar surface area (TPSA) is 51.6 Å². The highest BCUT2D eigenvalue weighted by molar-refractivity contribution is 7.83. The Morgan fingerprint density at radius 2 is 1.27 bits per heavy atom. The molecular weight excluding hydrogens is 520 g/mol. The molecule has 1 aromatic carbocycles. The number of rotatable bonds is 7. The largest absolute Gasteiger partial charge is 0.264 e. The summed E-state index contributed by atoms with van der Waals surface area (Å²) in [4.78, 5) is 17.5. The highest BCUT2D eigenvalue weighted by Gasteiger charge is 2.22. The molecule has 41 heavy (non-hydrogen) atoms. The number of thiol groups is 1. The van der Waals surface area contributed by atoms with Gasteiger partial charge in [-0.2, -0.15) is 12.6 Å². The number of pyridine rings is 4. The first-order valence-electron chi connectivity index (χ1n) is 13.4. The van der Waals surface area contributed by atoms with Gasteiger partial charge in [-0.1, -0.05) is 43.0 Å². The molecule has 1 unspecified atom stereocenters. The Bertz CT molecular complexity index is 1700. The maximum absolute atomic E-state index is 4.70. The van der Waals surface area contributed by atoms with E-state index < -0.39 is 0 Å². The quantitative estimate of drug-likeness (QED) is 0.163. The van der Waals surface area contributed by atoms with Gasteiger partial charge in [-0.05, 0) is 104 Å². The summed E-state index contributed by atoms with van der Waals surface area (Å²) in [6, 6.07) is 22.8. The van der Waals surface area contributed by atoms with E-state index in [1.54, 1.807) is 18.6 Å². The van der Waals surface area contributed by atoms with Gasteiger partial charge in [-0.25, -0.2) is 0 Å². The van der Waals surface area contributed by atoms with Gasteiger partial charge in [0.1, 0.15) is 0 Å². The van der Waals surface area contributed by atoms with Gasteiger partial charge in [0.05, 0.1) is 0 Å². The van der Waals surface area contributed by atoms with Crippen LogP contribution in [0.4, 0.5) is 0 Å².